The molecule has 0 saturated carbocycles. The van der Waals surface area contributed by atoms with Crippen molar-refractivity contribution in [2.75, 3.05) is 18.1 Å². The van der Waals surface area contributed by atoms with Gasteiger partial charge in [-0.2, -0.15) is 4.72 Å². The van der Waals surface area contributed by atoms with Crippen molar-refractivity contribution in [1.29, 1.82) is 0 Å². The normalized spacial score (nSPS) is 18.8. The van der Waals surface area contributed by atoms with Crippen molar-refractivity contribution in [3.63, 3.8) is 0 Å². The van der Waals surface area contributed by atoms with E-state index in [1.165, 1.54) is 24.3 Å². The van der Waals surface area contributed by atoms with E-state index in [-0.39, 0.29) is 22.0 Å². The van der Waals surface area contributed by atoms with E-state index in [4.69, 9.17) is 21.1 Å². The number of carbonyl (C=O) groups is 2. The van der Waals surface area contributed by atoms with E-state index in [2.05, 4.69) is 4.72 Å². The number of aliphatic hydroxyl groups is 1. The number of hydrogen-bond donors (Lipinski definition) is 2. The van der Waals surface area contributed by atoms with Crippen LogP contribution >= 0.6 is 11.6 Å². The molecule has 0 spiro atoms. The molecule has 2 atom stereocenters. The summed E-state index contributed by atoms with van der Waals surface area (Å²) in [6.45, 7) is 4.84. The first-order valence-electron chi connectivity index (χ1n) is 14.1. The second-order valence-corrected chi connectivity index (χ2v) is 14.0. The Hall–Kier alpha value is -3.58. The third-order valence-corrected chi connectivity index (χ3v) is 8.91. The molecule has 9 nitrogen and oxygen atoms in total. The van der Waals surface area contributed by atoms with E-state index >= 15 is 8.78 Å². The van der Waals surface area contributed by atoms with Crippen LogP contribution in [0.25, 0.3) is 0 Å². The molecule has 0 aromatic heterocycles. The standard InChI is InChI=1S/C32H35ClF2N2O7S/c1-21-10-13-24(14-11-21)45(41,42)36-26(18-22-8-6-5-7-9-22)28(38)43-20-31(40)25-19-23(33)12-15-27(25)37(17-16-32(31,34)35)29(39)44-30(2,3)4/h5-15,19,26,36,40H,16-18,20H2,1-4H3/t26?,31-/m0/s1. The van der Waals surface area contributed by atoms with E-state index in [0.717, 1.165) is 16.5 Å². The van der Waals surface area contributed by atoms with Crippen LogP contribution in [-0.4, -0.2) is 56.3 Å². The lowest BCUT2D eigenvalue weighted by Crippen LogP contribution is -2.51. The topological polar surface area (TPSA) is 122 Å². The Kier molecular flexibility index (Phi) is 9.93. The van der Waals surface area contributed by atoms with Gasteiger partial charge >= 0.3 is 12.1 Å². The van der Waals surface area contributed by atoms with Crippen molar-refractivity contribution in [2.45, 2.75) is 68.6 Å². The predicted molar refractivity (Wildman–Crippen MR) is 165 cm³/mol. The number of alkyl halides is 2. The van der Waals surface area contributed by atoms with Gasteiger partial charge in [0.1, 0.15) is 18.2 Å². The number of esters is 1. The second-order valence-electron chi connectivity index (χ2n) is 11.9. The number of amides is 1. The summed E-state index contributed by atoms with van der Waals surface area (Å²) in [5, 5.41) is 11.6. The molecule has 3 aromatic rings. The van der Waals surface area contributed by atoms with Crippen molar-refractivity contribution >= 4 is 39.4 Å². The molecule has 0 fully saturated rings. The van der Waals surface area contributed by atoms with Crippen LogP contribution in [0.4, 0.5) is 19.3 Å². The highest BCUT2D eigenvalue weighted by molar-refractivity contribution is 7.89. The molecule has 45 heavy (non-hydrogen) atoms. The smallest absolute Gasteiger partial charge is 0.414 e. The molecule has 13 heteroatoms. The third kappa shape index (κ3) is 7.99. The minimum atomic E-state index is -4.25. The van der Waals surface area contributed by atoms with Crippen molar-refractivity contribution in [3.05, 3.63) is 94.5 Å². The van der Waals surface area contributed by atoms with Crippen LogP contribution in [0.3, 0.4) is 0 Å². The fourth-order valence-electron chi connectivity index (χ4n) is 4.81. The van der Waals surface area contributed by atoms with Gasteiger partial charge in [0, 0.05) is 23.6 Å². The largest absolute Gasteiger partial charge is 0.461 e. The molecule has 1 heterocycles. The Balaban J connectivity index is 1.67. The predicted octanol–water partition coefficient (Wildman–Crippen LogP) is 5.75. The van der Waals surface area contributed by atoms with Crippen LogP contribution < -0.4 is 9.62 Å². The number of halogens is 3. The Bertz CT molecular complexity index is 1650. The van der Waals surface area contributed by atoms with E-state index < -0.39 is 70.4 Å². The summed E-state index contributed by atoms with van der Waals surface area (Å²) < 4.78 is 71.2. The summed E-state index contributed by atoms with van der Waals surface area (Å²) in [6, 6.07) is 16.6. The van der Waals surface area contributed by atoms with Crippen LogP contribution in [-0.2, 0) is 36.3 Å². The number of ether oxygens (including phenoxy) is 2. The average molecular weight is 665 g/mol. The molecule has 0 radical (unpaired) electrons. The highest BCUT2D eigenvalue weighted by Crippen LogP contribution is 2.48. The van der Waals surface area contributed by atoms with Crippen molar-refractivity contribution in [3.8, 4) is 0 Å². The van der Waals surface area contributed by atoms with Crippen molar-refractivity contribution in [1.82, 2.24) is 4.72 Å². The molecule has 1 unspecified atom stereocenters. The first kappa shape index (κ1) is 34.3. The van der Waals surface area contributed by atoms with E-state index in [9.17, 15) is 23.1 Å². The monoisotopic (exact) mass is 664 g/mol. The van der Waals surface area contributed by atoms with Gasteiger partial charge < -0.3 is 14.6 Å². The van der Waals surface area contributed by atoms with Gasteiger partial charge in [-0.05, 0) is 70.0 Å². The summed E-state index contributed by atoms with van der Waals surface area (Å²) in [6.07, 6.45) is -2.11. The van der Waals surface area contributed by atoms with Gasteiger partial charge in [-0.1, -0.05) is 59.6 Å². The molecule has 0 saturated heterocycles. The van der Waals surface area contributed by atoms with Gasteiger partial charge in [-0.15, -0.1) is 0 Å². The third-order valence-electron chi connectivity index (χ3n) is 7.18. The molecule has 4 rings (SSSR count). The van der Waals surface area contributed by atoms with Gasteiger partial charge in [0.25, 0.3) is 5.92 Å². The van der Waals surface area contributed by atoms with E-state index in [1.54, 1.807) is 70.2 Å². The van der Waals surface area contributed by atoms with E-state index in [1.807, 2.05) is 0 Å². The maximum absolute atomic E-state index is 15.8. The molecule has 1 aliphatic rings. The zero-order chi connectivity index (χ0) is 33.2. The summed E-state index contributed by atoms with van der Waals surface area (Å²) >= 11 is 6.15. The molecule has 242 valence electrons. The van der Waals surface area contributed by atoms with Crippen LogP contribution in [0, 0.1) is 6.92 Å². The summed E-state index contributed by atoms with van der Waals surface area (Å²) in [4.78, 5) is 27.4. The Morgan fingerprint density at radius 1 is 1.07 bits per heavy atom. The Morgan fingerprint density at radius 3 is 2.33 bits per heavy atom. The van der Waals surface area contributed by atoms with Gasteiger partial charge in [0.2, 0.25) is 10.0 Å². The second kappa shape index (κ2) is 13.0. The molecule has 3 aromatic carbocycles. The number of aryl methyl sites for hydroxylation is 1. The molecule has 1 amide bonds. The molecule has 0 aliphatic carbocycles. The minimum Gasteiger partial charge on any atom is -0.461 e. The van der Waals surface area contributed by atoms with Gasteiger partial charge in [0.15, 0.2) is 5.60 Å². The lowest BCUT2D eigenvalue weighted by molar-refractivity contribution is -0.214. The number of fused-ring (bicyclic) bond motifs is 1. The number of rotatable bonds is 8. The number of nitrogens with one attached hydrogen (secondary N) is 1. The maximum Gasteiger partial charge on any atom is 0.414 e. The number of sulfonamides is 1. The molecule has 1 aliphatic heterocycles. The van der Waals surface area contributed by atoms with Crippen molar-refractivity contribution < 1.29 is 41.4 Å². The molecule has 0 bridgehead atoms. The quantitative estimate of drug-likeness (QED) is 0.294. The zero-order valence-electron chi connectivity index (χ0n) is 25.2. The minimum absolute atomic E-state index is 0.0202. The number of carbonyl (C=O) groups excluding carboxylic acids is 2. The first-order valence-corrected chi connectivity index (χ1v) is 16.0. The summed E-state index contributed by atoms with van der Waals surface area (Å²) in [5.74, 6) is -5.13. The van der Waals surface area contributed by atoms with Crippen LogP contribution in [0.1, 0.15) is 43.9 Å². The average Bonchev–Trinajstić information content (AvgIpc) is 3.03. The van der Waals surface area contributed by atoms with Crippen LogP contribution in [0.15, 0.2) is 77.7 Å². The lowest BCUT2D eigenvalue weighted by atomic mass is 9.86. The SMILES string of the molecule is Cc1ccc(S(=O)(=O)NC(Cc2ccccc2)C(=O)OC[C@]2(O)c3cc(Cl)ccc3N(C(=O)OC(C)(C)C)CCC2(F)F)cc1. The van der Waals surface area contributed by atoms with Gasteiger partial charge in [-0.25, -0.2) is 22.0 Å². The van der Waals surface area contributed by atoms with Crippen LogP contribution in [0.2, 0.25) is 5.02 Å². The van der Waals surface area contributed by atoms with Crippen LogP contribution in [0.5, 0.6) is 0 Å². The number of benzene rings is 3. The molecular weight excluding hydrogens is 630 g/mol. The number of nitrogens with zero attached hydrogens (tertiary/aromatic N) is 1. The molecular formula is C32H35ClF2N2O7S. The Labute approximate surface area is 266 Å². The lowest BCUT2D eigenvalue weighted by Gasteiger charge is -2.35. The van der Waals surface area contributed by atoms with Gasteiger partial charge in [0.05, 0.1) is 10.6 Å². The van der Waals surface area contributed by atoms with Gasteiger partial charge in [-0.3, -0.25) is 9.69 Å². The highest BCUT2D eigenvalue weighted by Gasteiger charge is 2.58. The first-order chi connectivity index (χ1) is 20.9. The fraction of sp³-hybridized carbons (Fsp3) is 0.375. The summed E-state index contributed by atoms with van der Waals surface area (Å²) in [5.41, 5.74) is -3.27. The number of hydrogen-bond acceptors (Lipinski definition) is 7. The fourth-order valence-corrected chi connectivity index (χ4v) is 6.17. The number of anilines is 1. The van der Waals surface area contributed by atoms with Crippen molar-refractivity contribution in [2.24, 2.45) is 0 Å². The molecule has 2 N–H and O–H groups in total. The Morgan fingerprint density at radius 2 is 1.71 bits per heavy atom. The van der Waals surface area contributed by atoms with E-state index in [0.29, 0.717) is 5.56 Å². The summed E-state index contributed by atoms with van der Waals surface area (Å²) in [7, 11) is -4.25. The maximum atomic E-state index is 15.8. The highest BCUT2D eigenvalue weighted by atomic mass is 35.5. The zero-order valence-corrected chi connectivity index (χ0v) is 26.8.